The highest BCUT2D eigenvalue weighted by Crippen LogP contribution is 2.29. The Balaban J connectivity index is 2.45. The summed E-state index contributed by atoms with van der Waals surface area (Å²) >= 11 is 3.18. The van der Waals surface area contributed by atoms with Gasteiger partial charge in [0.2, 0.25) is 10.0 Å². The minimum atomic E-state index is -3.86. The van der Waals surface area contributed by atoms with Crippen LogP contribution in [0.15, 0.2) is 27.6 Å². The van der Waals surface area contributed by atoms with Crippen LogP contribution in [-0.2, 0) is 10.0 Å². The average Bonchev–Trinajstić information content (AvgIpc) is 2.41. The van der Waals surface area contributed by atoms with E-state index in [-0.39, 0.29) is 17.0 Å². The van der Waals surface area contributed by atoms with E-state index in [4.69, 9.17) is 5.73 Å². The summed E-state index contributed by atoms with van der Waals surface area (Å²) in [5, 5.41) is 0. The molecule has 1 aliphatic heterocycles. The maximum absolute atomic E-state index is 13.9. The second-order valence-electron chi connectivity index (χ2n) is 5.11. The van der Waals surface area contributed by atoms with Gasteiger partial charge >= 0.3 is 0 Å². The van der Waals surface area contributed by atoms with E-state index in [2.05, 4.69) is 15.9 Å². The van der Waals surface area contributed by atoms with E-state index in [1.807, 2.05) is 0 Å². The molecule has 1 heterocycles. The van der Waals surface area contributed by atoms with E-state index in [1.54, 1.807) is 6.92 Å². The molecule has 0 radical (unpaired) electrons. The summed E-state index contributed by atoms with van der Waals surface area (Å²) in [4.78, 5) is -0.292. The van der Waals surface area contributed by atoms with Crippen LogP contribution in [0.25, 0.3) is 0 Å². The lowest BCUT2D eigenvalue weighted by Crippen LogP contribution is -2.51. The van der Waals surface area contributed by atoms with Crippen molar-refractivity contribution in [3.8, 4) is 0 Å². The molecule has 20 heavy (non-hydrogen) atoms. The fourth-order valence-corrected chi connectivity index (χ4v) is 4.93. The molecule has 2 unspecified atom stereocenters. The molecule has 0 saturated carbocycles. The van der Waals surface area contributed by atoms with Gasteiger partial charge in [-0.2, -0.15) is 4.31 Å². The van der Waals surface area contributed by atoms with Gasteiger partial charge in [-0.1, -0.05) is 22.4 Å². The van der Waals surface area contributed by atoms with Crippen molar-refractivity contribution < 1.29 is 12.8 Å². The minimum absolute atomic E-state index is 0.271. The molecule has 4 nitrogen and oxygen atoms in total. The molecule has 0 spiro atoms. The number of hydrogen-bond donors (Lipinski definition) is 1. The monoisotopic (exact) mass is 364 g/mol. The summed E-state index contributed by atoms with van der Waals surface area (Å²) < 4.78 is 41.1. The van der Waals surface area contributed by atoms with Gasteiger partial charge in [-0.05, 0) is 38.0 Å². The van der Waals surface area contributed by atoms with Crippen molar-refractivity contribution in [2.24, 2.45) is 5.73 Å². The van der Waals surface area contributed by atoms with Gasteiger partial charge in [-0.3, -0.25) is 0 Å². The van der Waals surface area contributed by atoms with Crippen LogP contribution < -0.4 is 5.73 Å². The molecule has 0 bridgehead atoms. The molecule has 0 amide bonds. The number of benzene rings is 1. The van der Waals surface area contributed by atoms with Gasteiger partial charge in [0, 0.05) is 23.1 Å². The van der Waals surface area contributed by atoms with E-state index in [0.717, 1.165) is 18.9 Å². The van der Waals surface area contributed by atoms with Gasteiger partial charge in [0.25, 0.3) is 0 Å². The van der Waals surface area contributed by atoms with Crippen LogP contribution in [0, 0.1) is 5.82 Å². The zero-order valence-electron chi connectivity index (χ0n) is 11.2. The van der Waals surface area contributed by atoms with E-state index in [1.165, 1.54) is 16.4 Å². The third kappa shape index (κ3) is 3.05. The highest BCUT2D eigenvalue weighted by atomic mass is 79.9. The second kappa shape index (κ2) is 6.09. The van der Waals surface area contributed by atoms with E-state index < -0.39 is 15.8 Å². The van der Waals surface area contributed by atoms with Crippen LogP contribution in [0.4, 0.5) is 4.39 Å². The molecule has 1 aliphatic rings. The SMILES string of the molecule is CC(N)C1CCCCN1S(=O)(=O)c1cc(Br)ccc1F. The van der Waals surface area contributed by atoms with Gasteiger partial charge in [0.05, 0.1) is 0 Å². The first-order valence-corrected chi connectivity index (χ1v) is 8.80. The fraction of sp³-hybridized carbons (Fsp3) is 0.538. The Morgan fingerprint density at radius 3 is 2.80 bits per heavy atom. The molecular weight excluding hydrogens is 347 g/mol. The van der Waals surface area contributed by atoms with Gasteiger partial charge in [-0.25, -0.2) is 12.8 Å². The molecule has 0 aliphatic carbocycles. The van der Waals surface area contributed by atoms with Gasteiger partial charge < -0.3 is 5.73 Å². The Kier molecular flexibility index (Phi) is 4.84. The predicted octanol–water partition coefficient (Wildman–Crippen LogP) is 2.48. The zero-order valence-corrected chi connectivity index (χ0v) is 13.6. The molecule has 1 saturated heterocycles. The van der Waals surface area contributed by atoms with Crippen molar-refractivity contribution in [2.45, 2.75) is 43.2 Å². The van der Waals surface area contributed by atoms with Crippen molar-refractivity contribution >= 4 is 26.0 Å². The number of sulfonamides is 1. The van der Waals surface area contributed by atoms with Crippen LogP contribution in [-0.4, -0.2) is 31.4 Å². The first-order chi connectivity index (χ1) is 9.34. The lowest BCUT2D eigenvalue weighted by Gasteiger charge is -2.36. The fourth-order valence-electron chi connectivity index (χ4n) is 2.56. The molecule has 1 aromatic rings. The Bertz CT molecular complexity index is 592. The molecule has 2 atom stereocenters. The summed E-state index contributed by atoms with van der Waals surface area (Å²) in [6.45, 7) is 2.18. The maximum atomic E-state index is 13.9. The van der Waals surface area contributed by atoms with E-state index >= 15 is 0 Å². The first kappa shape index (κ1) is 15.9. The van der Waals surface area contributed by atoms with Crippen molar-refractivity contribution in [3.05, 3.63) is 28.5 Å². The number of rotatable bonds is 3. The number of halogens is 2. The summed E-state index contributed by atoms with van der Waals surface area (Å²) in [6, 6.07) is 3.39. The van der Waals surface area contributed by atoms with Crippen molar-refractivity contribution in [1.29, 1.82) is 0 Å². The topological polar surface area (TPSA) is 63.4 Å². The number of nitrogens with zero attached hydrogens (tertiary/aromatic N) is 1. The molecular formula is C13H18BrFN2O2S. The highest BCUT2D eigenvalue weighted by Gasteiger charge is 2.36. The maximum Gasteiger partial charge on any atom is 0.246 e. The molecule has 2 N–H and O–H groups in total. The van der Waals surface area contributed by atoms with Crippen LogP contribution >= 0.6 is 15.9 Å². The minimum Gasteiger partial charge on any atom is -0.326 e. The van der Waals surface area contributed by atoms with Gasteiger partial charge in [-0.15, -0.1) is 0 Å². The second-order valence-corrected chi connectivity index (χ2v) is 7.89. The van der Waals surface area contributed by atoms with Gasteiger partial charge in [0.1, 0.15) is 10.7 Å². The Labute approximate surface area is 127 Å². The van der Waals surface area contributed by atoms with Crippen LogP contribution in [0.5, 0.6) is 0 Å². The van der Waals surface area contributed by atoms with Crippen LogP contribution in [0.3, 0.4) is 0 Å². The average molecular weight is 365 g/mol. The highest BCUT2D eigenvalue weighted by molar-refractivity contribution is 9.10. The lowest BCUT2D eigenvalue weighted by molar-refractivity contribution is 0.226. The normalized spacial score (nSPS) is 22.7. The standard InChI is InChI=1S/C13H18BrFN2O2S/c1-9(16)12-4-2-3-7-17(12)20(18,19)13-8-10(14)5-6-11(13)15/h5-6,8-9,12H,2-4,7,16H2,1H3. The van der Waals surface area contributed by atoms with Gasteiger partial charge in [0.15, 0.2) is 0 Å². The summed E-state index contributed by atoms with van der Waals surface area (Å²) in [5.74, 6) is -0.734. The molecule has 1 aromatic carbocycles. The summed E-state index contributed by atoms with van der Waals surface area (Å²) in [6.07, 6.45) is 2.43. The largest absolute Gasteiger partial charge is 0.326 e. The van der Waals surface area contributed by atoms with Crippen LogP contribution in [0.1, 0.15) is 26.2 Å². The Morgan fingerprint density at radius 1 is 1.45 bits per heavy atom. The van der Waals surface area contributed by atoms with Crippen molar-refractivity contribution in [1.82, 2.24) is 4.31 Å². The molecule has 2 rings (SSSR count). The summed E-state index contributed by atoms with van der Waals surface area (Å²) in [7, 11) is -3.86. The third-order valence-corrected chi connectivity index (χ3v) is 6.02. The van der Waals surface area contributed by atoms with E-state index in [9.17, 15) is 12.8 Å². The smallest absolute Gasteiger partial charge is 0.246 e. The molecule has 0 aromatic heterocycles. The molecule has 7 heteroatoms. The molecule has 112 valence electrons. The number of piperidine rings is 1. The Hall–Kier alpha value is -0.500. The number of hydrogen-bond acceptors (Lipinski definition) is 3. The number of nitrogens with two attached hydrogens (primary N) is 1. The lowest BCUT2D eigenvalue weighted by atomic mass is 10.00. The quantitative estimate of drug-likeness (QED) is 0.895. The van der Waals surface area contributed by atoms with Crippen molar-refractivity contribution in [2.75, 3.05) is 6.54 Å². The summed E-state index contributed by atoms with van der Waals surface area (Å²) in [5.41, 5.74) is 5.89. The van der Waals surface area contributed by atoms with Crippen LogP contribution in [0.2, 0.25) is 0 Å². The van der Waals surface area contributed by atoms with Crippen molar-refractivity contribution in [3.63, 3.8) is 0 Å². The zero-order chi connectivity index (χ0) is 14.9. The third-order valence-electron chi connectivity index (χ3n) is 3.59. The predicted molar refractivity (Wildman–Crippen MR) is 79.3 cm³/mol. The first-order valence-electron chi connectivity index (χ1n) is 6.56. The molecule has 1 fully saturated rings. The van der Waals surface area contributed by atoms with E-state index in [0.29, 0.717) is 17.4 Å². The Morgan fingerprint density at radius 2 is 2.15 bits per heavy atom.